The van der Waals surface area contributed by atoms with Crippen LogP contribution in [-0.2, 0) is 6.54 Å². The Labute approximate surface area is 103 Å². The highest BCUT2D eigenvalue weighted by atomic mass is 32.2. The Hall–Kier alpha value is -0.850. The van der Waals surface area contributed by atoms with Crippen molar-refractivity contribution in [3.05, 3.63) is 30.0 Å². The fraction of sp³-hybridized carbons (Fsp3) is 0.400. The second kappa shape index (κ2) is 6.03. The Balaban J connectivity index is 1.59. The smallest absolute Gasteiger partial charge is 0.170 e. The SMILES string of the molecule is Cc1nsc(SCCNCc2ccco2)n1. The summed E-state index contributed by atoms with van der Waals surface area (Å²) in [5.74, 6) is 2.82. The van der Waals surface area contributed by atoms with Gasteiger partial charge in [-0.15, -0.1) is 0 Å². The molecule has 16 heavy (non-hydrogen) atoms. The lowest BCUT2D eigenvalue weighted by Crippen LogP contribution is -2.15. The minimum absolute atomic E-state index is 0.780. The molecule has 4 nitrogen and oxygen atoms in total. The van der Waals surface area contributed by atoms with Gasteiger partial charge in [-0.3, -0.25) is 0 Å². The number of hydrogen-bond donors (Lipinski definition) is 1. The molecule has 0 fully saturated rings. The first-order chi connectivity index (χ1) is 7.84. The van der Waals surface area contributed by atoms with Crippen molar-refractivity contribution in [1.29, 1.82) is 0 Å². The van der Waals surface area contributed by atoms with Gasteiger partial charge in [-0.05, 0) is 30.6 Å². The minimum Gasteiger partial charge on any atom is -0.468 e. The molecule has 0 aliphatic heterocycles. The molecular weight excluding hydrogens is 242 g/mol. The van der Waals surface area contributed by atoms with Crippen LogP contribution in [0.5, 0.6) is 0 Å². The third-order valence-electron chi connectivity index (χ3n) is 1.89. The maximum Gasteiger partial charge on any atom is 0.170 e. The van der Waals surface area contributed by atoms with E-state index < -0.39 is 0 Å². The van der Waals surface area contributed by atoms with Gasteiger partial charge in [0.05, 0.1) is 12.8 Å². The van der Waals surface area contributed by atoms with Crippen LogP contribution in [0.1, 0.15) is 11.6 Å². The Kier molecular flexibility index (Phi) is 4.38. The van der Waals surface area contributed by atoms with Gasteiger partial charge in [-0.1, -0.05) is 11.8 Å². The van der Waals surface area contributed by atoms with Crippen molar-refractivity contribution in [3.8, 4) is 0 Å². The minimum atomic E-state index is 0.780. The van der Waals surface area contributed by atoms with E-state index in [4.69, 9.17) is 4.42 Å². The zero-order valence-corrected chi connectivity index (χ0v) is 10.6. The molecule has 2 aromatic rings. The molecule has 0 unspecified atom stereocenters. The van der Waals surface area contributed by atoms with Gasteiger partial charge in [0.15, 0.2) is 4.34 Å². The summed E-state index contributed by atoms with van der Waals surface area (Å²) >= 11 is 3.19. The number of nitrogens with one attached hydrogen (secondary N) is 1. The van der Waals surface area contributed by atoms with Crippen molar-refractivity contribution < 1.29 is 4.42 Å². The number of thioether (sulfide) groups is 1. The van der Waals surface area contributed by atoms with E-state index in [1.807, 2.05) is 19.1 Å². The summed E-state index contributed by atoms with van der Waals surface area (Å²) in [5.41, 5.74) is 0. The molecule has 0 saturated heterocycles. The van der Waals surface area contributed by atoms with E-state index >= 15 is 0 Å². The van der Waals surface area contributed by atoms with Crippen LogP contribution in [0.4, 0.5) is 0 Å². The van der Waals surface area contributed by atoms with Crippen molar-refractivity contribution in [2.75, 3.05) is 12.3 Å². The molecule has 2 aromatic heterocycles. The molecule has 0 aliphatic rings. The highest BCUT2D eigenvalue weighted by Crippen LogP contribution is 2.18. The zero-order chi connectivity index (χ0) is 11.2. The number of hydrogen-bond acceptors (Lipinski definition) is 6. The van der Waals surface area contributed by atoms with Crippen LogP contribution in [-0.4, -0.2) is 21.7 Å². The highest BCUT2D eigenvalue weighted by Gasteiger charge is 2.00. The van der Waals surface area contributed by atoms with Crippen LogP contribution in [0, 0.1) is 6.92 Å². The van der Waals surface area contributed by atoms with E-state index in [1.165, 1.54) is 11.5 Å². The number of aromatic nitrogens is 2. The monoisotopic (exact) mass is 255 g/mol. The third kappa shape index (κ3) is 3.62. The summed E-state index contributed by atoms with van der Waals surface area (Å²) < 4.78 is 10.4. The predicted molar refractivity (Wildman–Crippen MR) is 65.8 cm³/mol. The number of aryl methyl sites for hydroxylation is 1. The topological polar surface area (TPSA) is 51.0 Å². The first kappa shape index (κ1) is 11.6. The molecular formula is C10H13N3OS2. The van der Waals surface area contributed by atoms with Crippen LogP contribution in [0.3, 0.4) is 0 Å². The molecule has 0 aliphatic carbocycles. The van der Waals surface area contributed by atoms with Crippen molar-refractivity contribution in [2.24, 2.45) is 0 Å². The number of furan rings is 1. The predicted octanol–water partition coefficient (Wildman–Crippen LogP) is 2.32. The van der Waals surface area contributed by atoms with Gasteiger partial charge in [0.25, 0.3) is 0 Å². The quantitative estimate of drug-likeness (QED) is 0.634. The van der Waals surface area contributed by atoms with Gasteiger partial charge >= 0.3 is 0 Å². The second-order valence-corrected chi connectivity index (χ2v) is 5.31. The molecule has 0 saturated carbocycles. The molecule has 86 valence electrons. The van der Waals surface area contributed by atoms with E-state index in [9.17, 15) is 0 Å². The van der Waals surface area contributed by atoms with Crippen LogP contribution in [0.15, 0.2) is 27.2 Å². The molecule has 1 N–H and O–H groups in total. The third-order valence-corrected chi connectivity index (χ3v) is 3.82. The summed E-state index contributed by atoms with van der Waals surface area (Å²) in [6, 6.07) is 3.87. The van der Waals surface area contributed by atoms with Crippen LogP contribution in [0.25, 0.3) is 0 Å². The van der Waals surface area contributed by atoms with E-state index in [1.54, 1.807) is 18.0 Å². The molecule has 2 heterocycles. The van der Waals surface area contributed by atoms with Gasteiger partial charge in [0.1, 0.15) is 11.6 Å². The summed E-state index contributed by atoms with van der Waals surface area (Å²) in [6.45, 7) is 3.63. The second-order valence-electron chi connectivity index (χ2n) is 3.21. The van der Waals surface area contributed by atoms with E-state index in [2.05, 4.69) is 14.7 Å². The van der Waals surface area contributed by atoms with Crippen LogP contribution < -0.4 is 5.32 Å². The van der Waals surface area contributed by atoms with Gasteiger partial charge in [0, 0.05) is 12.3 Å². The number of rotatable bonds is 6. The summed E-state index contributed by atoms with van der Waals surface area (Å²) in [4.78, 5) is 4.28. The molecule has 2 rings (SSSR count). The maximum atomic E-state index is 5.21. The Morgan fingerprint density at radius 2 is 2.50 bits per heavy atom. The lowest BCUT2D eigenvalue weighted by Gasteiger charge is -2.00. The average molecular weight is 255 g/mol. The van der Waals surface area contributed by atoms with E-state index in [-0.39, 0.29) is 0 Å². The fourth-order valence-corrected chi connectivity index (χ4v) is 2.79. The number of nitrogens with zero attached hydrogens (tertiary/aromatic N) is 2. The van der Waals surface area contributed by atoms with Crippen molar-refractivity contribution in [2.45, 2.75) is 17.8 Å². The Morgan fingerprint density at radius 3 is 3.19 bits per heavy atom. The molecule has 0 bridgehead atoms. The van der Waals surface area contributed by atoms with Crippen molar-refractivity contribution >= 4 is 23.3 Å². The average Bonchev–Trinajstić information content (AvgIpc) is 2.89. The molecule has 0 amide bonds. The normalized spacial score (nSPS) is 10.8. The van der Waals surface area contributed by atoms with Gasteiger partial charge in [-0.25, -0.2) is 4.98 Å². The summed E-state index contributed by atoms with van der Waals surface area (Å²) in [6.07, 6.45) is 1.69. The highest BCUT2D eigenvalue weighted by molar-refractivity contribution is 8.00. The van der Waals surface area contributed by atoms with E-state index in [0.29, 0.717) is 0 Å². The van der Waals surface area contributed by atoms with E-state index in [0.717, 1.165) is 34.8 Å². The lowest BCUT2D eigenvalue weighted by atomic mass is 10.4. The molecule has 0 spiro atoms. The Bertz CT molecular complexity index is 413. The summed E-state index contributed by atoms with van der Waals surface area (Å²) in [7, 11) is 0. The maximum absolute atomic E-state index is 5.21. The molecule has 0 aromatic carbocycles. The molecule has 0 atom stereocenters. The standard InChI is InChI=1S/C10H13N3OS2/c1-8-12-10(16-13-8)15-6-4-11-7-9-3-2-5-14-9/h2-3,5,11H,4,6-7H2,1H3. The summed E-state index contributed by atoms with van der Waals surface area (Å²) in [5, 5.41) is 3.31. The molecule has 0 radical (unpaired) electrons. The first-order valence-electron chi connectivity index (χ1n) is 5.01. The largest absolute Gasteiger partial charge is 0.468 e. The zero-order valence-electron chi connectivity index (χ0n) is 8.97. The van der Waals surface area contributed by atoms with Crippen molar-refractivity contribution in [1.82, 2.24) is 14.7 Å². The first-order valence-corrected chi connectivity index (χ1v) is 6.77. The van der Waals surface area contributed by atoms with Crippen molar-refractivity contribution in [3.63, 3.8) is 0 Å². The fourth-order valence-electron chi connectivity index (χ4n) is 1.17. The van der Waals surface area contributed by atoms with Gasteiger partial charge in [-0.2, -0.15) is 4.37 Å². The van der Waals surface area contributed by atoms with Crippen LogP contribution >= 0.6 is 23.3 Å². The lowest BCUT2D eigenvalue weighted by molar-refractivity contribution is 0.488. The molecule has 6 heteroatoms. The Morgan fingerprint density at radius 1 is 1.56 bits per heavy atom. The van der Waals surface area contributed by atoms with Gasteiger partial charge < -0.3 is 9.73 Å². The van der Waals surface area contributed by atoms with Crippen LogP contribution in [0.2, 0.25) is 0 Å². The van der Waals surface area contributed by atoms with Gasteiger partial charge in [0.2, 0.25) is 0 Å².